The molecule has 0 saturated carbocycles. The van der Waals surface area contributed by atoms with E-state index in [0.717, 1.165) is 18.7 Å². The van der Waals surface area contributed by atoms with Crippen molar-refractivity contribution in [2.45, 2.75) is 53.0 Å². The number of nitrogens with two attached hydrogens (primary N) is 1. The molecular formula is C15H26N4O. The molecule has 0 radical (unpaired) electrons. The summed E-state index contributed by atoms with van der Waals surface area (Å²) in [7, 11) is 0. The van der Waals surface area contributed by atoms with Gasteiger partial charge in [-0.1, -0.05) is 27.7 Å². The Morgan fingerprint density at radius 1 is 1.40 bits per heavy atom. The van der Waals surface area contributed by atoms with Gasteiger partial charge in [0, 0.05) is 12.6 Å². The molecule has 2 rings (SSSR count). The molecule has 5 nitrogen and oxygen atoms in total. The Morgan fingerprint density at radius 3 is 2.60 bits per heavy atom. The third-order valence-corrected chi connectivity index (χ3v) is 4.47. The molecule has 1 aliphatic rings. The highest BCUT2D eigenvalue weighted by atomic mass is 16.2. The van der Waals surface area contributed by atoms with Gasteiger partial charge in [-0.15, -0.1) is 0 Å². The first-order chi connectivity index (χ1) is 9.32. The number of nitrogens with one attached hydrogen (secondary N) is 1. The molecule has 0 spiro atoms. The van der Waals surface area contributed by atoms with Crippen molar-refractivity contribution >= 4 is 11.6 Å². The van der Waals surface area contributed by atoms with Crippen LogP contribution < -0.4 is 5.73 Å². The quantitative estimate of drug-likeness (QED) is 0.873. The minimum absolute atomic E-state index is 0.0449. The number of H-pyrrole nitrogens is 1. The molecule has 0 aromatic carbocycles. The maximum atomic E-state index is 12.7. The molecule has 5 heteroatoms. The topological polar surface area (TPSA) is 75.0 Å². The Balaban J connectivity index is 2.26. The van der Waals surface area contributed by atoms with Crippen molar-refractivity contribution in [3.05, 3.63) is 11.4 Å². The number of likely N-dealkylation sites (tertiary alicyclic amines) is 1. The fourth-order valence-corrected chi connectivity index (χ4v) is 3.09. The molecule has 1 aromatic rings. The largest absolute Gasteiger partial charge is 0.395 e. The molecule has 112 valence electrons. The molecule has 1 aromatic heterocycles. The van der Waals surface area contributed by atoms with Gasteiger partial charge in [0.2, 0.25) is 0 Å². The fraction of sp³-hybridized carbons (Fsp3) is 0.733. The van der Waals surface area contributed by atoms with Gasteiger partial charge < -0.3 is 10.6 Å². The van der Waals surface area contributed by atoms with Crippen molar-refractivity contribution in [3.8, 4) is 0 Å². The second kappa shape index (κ2) is 5.46. The lowest BCUT2D eigenvalue weighted by atomic mass is 9.86. The molecule has 3 N–H and O–H groups in total. The van der Waals surface area contributed by atoms with Crippen molar-refractivity contribution in [3.63, 3.8) is 0 Å². The predicted octanol–water partition coefficient (Wildman–Crippen LogP) is 2.62. The van der Waals surface area contributed by atoms with E-state index < -0.39 is 0 Å². The second-order valence-corrected chi connectivity index (χ2v) is 6.57. The van der Waals surface area contributed by atoms with Gasteiger partial charge in [0.15, 0.2) is 5.69 Å². The minimum atomic E-state index is -0.0449. The SMILES string of the molecule is CC1CC(C)C(C)N(C(=O)c2n[nH]c(C(C)C)c2N)C1. The van der Waals surface area contributed by atoms with E-state index in [1.54, 1.807) is 0 Å². The summed E-state index contributed by atoms with van der Waals surface area (Å²) in [5.74, 6) is 1.22. The number of aromatic amines is 1. The lowest BCUT2D eigenvalue weighted by Crippen LogP contribution is -2.49. The molecule has 1 fully saturated rings. The van der Waals surface area contributed by atoms with Crippen molar-refractivity contribution in [2.75, 3.05) is 12.3 Å². The van der Waals surface area contributed by atoms with E-state index in [1.165, 1.54) is 0 Å². The summed E-state index contributed by atoms with van der Waals surface area (Å²) >= 11 is 0. The number of hydrogen-bond acceptors (Lipinski definition) is 3. The standard InChI is InChI=1S/C15H26N4O/c1-8(2)13-12(16)14(18-17-13)15(20)19-7-9(3)6-10(4)11(19)5/h8-11H,6-7,16H2,1-5H3,(H,17,18). The molecule has 20 heavy (non-hydrogen) atoms. The Bertz CT molecular complexity index is 494. The van der Waals surface area contributed by atoms with Crippen LogP contribution in [-0.2, 0) is 0 Å². The smallest absolute Gasteiger partial charge is 0.276 e. The zero-order valence-corrected chi connectivity index (χ0v) is 13.1. The number of anilines is 1. The highest BCUT2D eigenvalue weighted by Crippen LogP contribution is 2.30. The molecular weight excluding hydrogens is 252 g/mol. The fourth-order valence-electron chi connectivity index (χ4n) is 3.09. The van der Waals surface area contributed by atoms with E-state index in [2.05, 4.69) is 31.0 Å². The van der Waals surface area contributed by atoms with Crippen LogP contribution in [0.2, 0.25) is 0 Å². The highest BCUT2D eigenvalue weighted by Gasteiger charge is 2.34. The van der Waals surface area contributed by atoms with E-state index in [9.17, 15) is 4.79 Å². The van der Waals surface area contributed by atoms with Crippen LogP contribution in [0.4, 0.5) is 5.69 Å². The summed E-state index contributed by atoms with van der Waals surface area (Å²) in [6.45, 7) is 11.4. The minimum Gasteiger partial charge on any atom is -0.395 e. The zero-order valence-electron chi connectivity index (χ0n) is 13.1. The number of aromatic nitrogens is 2. The van der Waals surface area contributed by atoms with E-state index in [-0.39, 0.29) is 17.9 Å². The van der Waals surface area contributed by atoms with Gasteiger partial charge >= 0.3 is 0 Å². The Kier molecular flexibility index (Phi) is 4.06. The van der Waals surface area contributed by atoms with E-state index in [4.69, 9.17) is 5.73 Å². The summed E-state index contributed by atoms with van der Waals surface area (Å²) < 4.78 is 0. The van der Waals surface area contributed by atoms with Crippen LogP contribution >= 0.6 is 0 Å². The number of hydrogen-bond donors (Lipinski definition) is 2. The first kappa shape index (κ1) is 14.9. The Hall–Kier alpha value is -1.52. The van der Waals surface area contributed by atoms with Gasteiger partial charge in [0.05, 0.1) is 11.4 Å². The molecule has 3 unspecified atom stereocenters. The Labute approximate surface area is 120 Å². The van der Waals surface area contributed by atoms with Crippen LogP contribution in [0.3, 0.4) is 0 Å². The number of nitrogen functional groups attached to an aromatic ring is 1. The molecule has 2 heterocycles. The van der Waals surface area contributed by atoms with Gasteiger partial charge in [-0.05, 0) is 31.1 Å². The number of nitrogens with zero attached hydrogens (tertiary/aromatic N) is 2. The molecule has 1 saturated heterocycles. The lowest BCUT2D eigenvalue weighted by Gasteiger charge is -2.40. The summed E-state index contributed by atoms with van der Waals surface area (Å²) in [5.41, 5.74) is 7.81. The van der Waals surface area contributed by atoms with Crippen molar-refractivity contribution in [2.24, 2.45) is 11.8 Å². The first-order valence-corrected chi connectivity index (χ1v) is 7.47. The highest BCUT2D eigenvalue weighted by molar-refractivity contribution is 5.98. The predicted molar refractivity (Wildman–Crippen MR) is 80.5 cm³/mol. The number of amides is 1. The summed E-state index contributed by atoms with van der Waals surface area (Å²) in [6.07, 6.45) is 1.16. The maximum Gasteiger partial charge on any atom is 0.276 e. The van der Waals surface area contributed by atoms with Gasteiger partial charge in [0.25, 0.3) is 5.91 Å². The monoisotopic (exact) mass is 278 g/mol. The van der Waals surface area contributed by atoms with Crippen molar-refractivity contribution < 1.29 is 4.79 Å². The van der Waals surface area contributed by atoms with Gasteiger partial charge in [-0.3, -0.25) is 9.89 Å². The van der Waals surface area contributed by atoms with Gasteiger partial charge in [0.1, 0.15) is 0 Å². The van der Waals surface area contributed by atoms with Gasteiger partial charge in [-0.2, -0.15) is 5.10 Å². The molecule has 1 amide bonds. The summed E-state index contributed by atoms with van der Waals surface area (Å²) in [6, 6.07) is 0.234. The second-order valence-electron chi connectivity index (χ2n) is 6.57. The average Bonchev–Trinajstić information content (AvgIpc) is 2.75. The molecule has 1 aliphatic heterocycles. The number of piperidine rings is 1. The van der Waals surface area contributed by atoms with E-state index in [1.807, 2.05) is 18.7 Å². The third kappa shape index (κ3) is 2.53. The van der Waals surface area contributed by atoms with E-state index in [0.29, 0.717) is 23.2 Å². The average molecular weight is 278 g/mol. The van der Waals surface area contributed by atoms with Crippen LogP contribution in [0.5, 0.6) is 0 Å². The van der Waals surface area contributed by atoms with Crippen LogP contribution in [0.25, 0.3) is 0 Å². The zero-order chi connectivity index (χ0) is 15.0. The van der Waals surface area contributed by atoms with E-state index >= 15 is 0 Å². The van der Waals surface area contributed by atoms with Gasteiger partial charge in [-0.25, -0.2) is 0 Å². The molecule has 0 bridgehead atoms. The van der Waals surface area contributed by atoms with Crippen LogP contribution in [0, 0.1) is 11.8 Å². The molecule has 3 atom stereocenters. The lowest BCUT2D eigenvalue weighted by molar-refractivity contribution is 0.0451. The number of carbonyl (C=O) groups is 1. The Morgan fingerprint density at radius 2 is 2.05 bits per heavy atom. The van der Waals surface area contributed by atoms with Crippen LogP contribution in [0.15, 0.2) is 0 Å². The maximum absolute atomic E-state index is 12.7. The number of rotatable bonds is 2. The van der Waals surface area contributed by atoms with Crippen molar-refractivity contribution in [1.29, 1.82) is 0 Å². The van der Waals surface area contributed by atoms with Crippen LogP contribution in [-0.4, -0.2) is 33.6 Å². The first-order valence-electron chi connectivity index (χ1n) is 7.47. The summed E-state index contributed by atoms with van der Waals surface area (Å²) in [4.78, 5) is 14.6. The van der Waals surface area contributed by atoms with Crippen LogP contribution in [0.1, 0.15) is 63.1 Å². The third-order valence-electron chi connectivity index (χ3n) is 4.47. The van der Waals surface area contributed by atoms with Crippen molar-refractivity contribution in [1.82, 2.24) is 15.1 Å². The summed E-state index contributed by atoms with van der Waals surface area (Å²) in [5, 5.41) is 7.06. The number of carbonyl (C=O) groups excluding carboxylic acids is 1. The molecule has 0 aliphatic carbocycles. The normalized spacial score (nSPS) is 27.1.